The Morgan fingerprint density at radius 1 is 0.576 bits per heavy atom. The van der Waals surface area contributed by atoms with Crippen LogP contribution in [0.2, 0.25) is 0 Å². The first-order chi connectivity index (χ1) is 32.1. The molecule has 66 heavy (non-hydrogen) atoms. The fourth-order valence-corrected chi connectivity index (χ4v) is 10.6. The van der Waals surface area contributed by atoms with E-state index in [1.165, 1.54) is 0 Å². The number of carbonyl (C=O) groups excluding carboxylic acids is 3. The number of aromatic nitrogens is 2. The van der Waals surface area contributed by atoms with Crippen LogP contribution in [0.3, 0.4) is 0 Å². The summed E-state index contributed by atoms with van der Waals surface area (Å²) in [5.74, 6) is -0.247. The van der Waals surface area contributed by atoms with Gasteiger partial charge in [0.2, 0.25) is 0 Å². The van der Waals surface area contributed by atoms with Gasteiger partial charge in [0.05, 0.1) is 33.4 Å². The fourth-order valence-electron chi connectivity index (χ4n) is 10.6. The minimum atomic E-state index is -0.906. The van der Waals surface area contributed by atoms with Gasteiger partial charge in [-0.1, -0.05) is 128 Å². The predicted octanol–water partition coefficient (Wildman–Crippen LogP) is 12.8. The summed E-state index contributed by atoms with van der Waals surface area (Å²) in [5.41, 5.74) is 17.2. The average Bonchev–Trinajstić information content (AvgIpc) is 3.96. The van der Waals surface area contributed by atoms with Gasteiger partial charge in [-0.05, 0) is 147 Å². The Balaban J connectivity index is 0.00000252. The molecule has 1 aromatic heterocycles. The van der Waals surface area contributed by atoms with E-state index in [4.69, 9.17) is 4.79 Å². The second-order valence-corrected chi connectivity index (χ2v) is 17.1. The van der Waals surface area contributed by atoms with Gasteiger partial charge in [0, 0.05) is 18.2 Å². The lowest BCUT2D eigenvalue weighted by atomic mass is 9.69. The Kier molecular flexibility index (Phi) is 10.1. The number of para-hydroxylation sites is 2. The molecule has 320 valence electrons. The molecule has 2 aliphatic carbocycles. The SMILES string of the molecule is C=C(C)C(=O)c1cc2c(cc1N(C)c1ccccc1C(C)=O)C1(c3cc(-n4[nH]c(=O)c5ccccc54)c(C)cc3-c3c(-c4ccccc4)cccc31)c1cccc(-c3ccccc3)c1-2.C=O. The smallest absolute Gasteiger partial charge is 0.272 e. The van der Waals surface area contributed by atoms with Crippen molar-refractivity contribution in [1.82, 2.24) is 9.78 Å². The third-order valence-electron chi connectivity index (χ3n) is 13.4. The number of rotatable bonds is 8. The number of Topliss-reactive ketones (excluding diaryl/α,β-unsaturated/α-hetero) is 2. The topological polar surface area (TPSA) is 92.2 Å². The second kappa shape index (κ2) is 16.0. The first-order valence-corrected chi connectivity index (χ1v) is 21.8. The highest BCUT2D eigenvalue weighted by Gasteiger charge is 2.54. The number of carbonyl (C=O) groups is 3. The number of hydrogen-bond donors (Lipinski definition) is 1. The van der Waals surface area contributed by atoms with E-state index in [2.05, 4.69) is 128 Å². The first kappa shape index (κ1) is 41.6. The molecule has 0 saturated carbocycles. The van der Waals surface area contributed by atoms with E-state index in [1.54, 1.807) is 13.8 Å². The van der Waals surface area contributed by atoms with Crippen LogP contribution in [0.4, 0.5) is 11.4 Å². The zero-order valence-electron chi connectivity index (χ0n) is 37.1. The molecule has 9 aromatic rings. The fraction of sp³-hybridized carbons (Fsp3) is 0.0847. The van der Waals surface area contributed by atoms with Gasteiger partial charge < -0.3 is 9.69 Å². The zero-order valence-corrected chi connectivity index (χ0v) is 37.1. The van der Waals surface area contributed by atoms with E-state index in [9.17, 15) is 14.4 Å². The quantitative estimate of drug-likeness (QED) is 0.121. The molecule has 1 unspecified atom stereocenters. The van der Waals surface area contributed by atoms with E-state index in [1.807, 2.05) is 84.1 Å². The molecule has 1 atom stereocenters. The van der Waals surface area contributed by atoms with Gasteiger partial charge in [-0.2, -0.15) is 0 Å². The van der Waals surface area contributed by atoms with Crippen molar-refractivity contribution in [2.45, 2.75) is 26.2 Å². The summed E-state index contributed by atoms with van der Waals surface area (Å²) in [5, 5.41) is 3.79. The van der Waals surface area contributed by atoms with Crippen molar-refractivity contribution >= 4 is 40.6 Å². The summed E-state index contributed by atoms with van der Waals surface area (Å²) < 4.78 is 1.92. The van der Waals surface area contributed by atoms with Crippen molar-refractivity contribution < 1.29 is 14.4 Å². The standard InChI is InChI=1S/C58H43N3O3.CH2O/c1-34(2)56(63)45-31-44-49(33-53(45)60(5)50-28-14-12-22-39(50)36(4)62)58(47-27-17-25-41(55(44)47)38-20-10-7-11-21-38)46-26-16-24-40(37-18-8-6-9-19-37)54(46)43-30-35(3)52(32-48(43)58)61-51-29-15-13-23-42(51)57(64)59-61;1-2/h6-33H,1H2,2-5H3,(H,59,64);1H2. The van der Waals surface area contributed by atoms with Crippen molar-refractivity contribution in [3.8, 4) is 50.2 Å². The highest BCUT2D eigenvalue weighted by molar-refractivity contribution is 6.15. The van der Waals surface area contributed by atoms with Crippen LogP contribution in [-0.2, 0) is 10.2 Å². The summed E-state index contributed by atoms with van der Waals surface area (Å²) in [6, 6.07) is 58.2. The number of aryl methyl sites for hydroxylation is 1. The Morgan fingerprint density at radius 2 is 1.12 bits per heavy atom. The third-order valence-corrected chi connectivity index (χ3v) is 13.4. The summed E-state index contributed by atoms with van der Waals surface area (Å²) >= 11 is 0. The van der Waals surface area contributed by atoms with Crippen LogP contribution in [0.25, 0.3) is 61.1 Å². The number of aromatic amines is 1. The van der Waals surface area contributed by atoms with Crippen LogP contribution in [0.1, 0.15) is 62.4 Å². The highest BCUT2D eigenvalue weighted by Crippen LogP contribution is 2.66. The molecule has 0 saturated heterocycles. The normalized spacial score (nSPS) is 13.9. The van der Waals surface area contributed by atoms with E-state index in [-0.39, 0.29) is 17.1 Å². The lowest BCUT2D eigenvalue weighted by Crippen LogP contribution is -2.27. The monoisotopic (exact) mass is 859 g/mol. The minimum absolute atomic E-state index is 0.0710. The molecule has 0 aliphatic heterocycles. The molecular formula is C59H45N3O4. The molecule has 0 amide bonds. The summed E-state index contributed by atoms with van der Waals surface area (Å²) in [7, 11) is 1.93. The molecule has 7 nitrogen and oxygen atoms in total. The van der Waals surface area contributed by atoms with E-state index in [0.717, 1.165) is 83.5 Å². The van der Waals surface area contributed by atoms with Crippen molar-refractivity contribution in [1.29, 1.82) is 0 Å². The number of ketones is 2. The molecule has 11 rings (SSSR count). The maximum Gasteiger partial charge on any atom is 0.272 e. The van der Waals surface area contributed by atoms with Crippen LogP contribution in [-0.4, -0.2) is 35.2 Å². The Labute approximate surface area is 382 Å². The minimum Gasteiger partial charge on any atom is -0.343 e. The van der Waals surface area contributed by atoms with Crippen LogP contribution < -0.4 is 10.5 Å². The number of hydrogen-bond acceptors (Lipinski definition) is 5. The molecular weight excluding hydrogens is 815 g/mol. The van der Waals surface area contributed by atoms with Gasteiger partial charge in [-0.3, -0.25) is 24.2 Å². The van der Waals surface area contributed by atoms with Gasteiger partial charge in [0.25, 0.3) is 5.56 Å². The van der Waals surface area contributed by atoms with Crippen molar-refractivity contribution in [2.75, 3.05) is 11.9 Å². The molecule has 0 bridgehead atoms. The summed E-state index contributed by atoms with van der Waals surface area (Å²) in [6.45, 7) is 11.6. The number of H-pyrrole nitrogens is 1. The van der Waals surface area contributed by atoms with Crippen LogP contribution >= 0.6 is 0 Å². The first-order valence-electron chi connectivity index (χ1n) is 21.8. The van der Waals surface area contributed by atoms with E-state index in [0.29, 0.717) is 33.5 Å². The number of benzene rings is 8. The van der Waals surface area contributed by atoms with Crippen molar-refractivity contribution in [2.24, 2.45) is 0 Å². The number of nitrogens with zero attached hydrogens (tertiary/aromatic N) is 2. The lowest BCUT2D eigenvalue weighted by molar-refractivity contribution is -0.0980. The van der Waals surface area contributed by atoms with Crippen LogP contribution in [0.5, 0.6) is 0 Å². The molecule has 1 heterocycles. The Bertz CT molecular complexity index is 3550. The van der Waals surface area contributed by atoms with Crippen LogP contribution in [0.15, 0.2) is 187 Å². The van der Waals surface area contributed by atoms with Gasteiger partial charge >= 0.3 is 0 Å². The molecule has 2 aliphatic rings. The summed E-state index contributed by atoms with van der Waals surface area (Å²) in [6.07, 6.45) is 0. The predicted molar refractivity (Wildman–Crippen MR) is 267 cm³/mol. The number of anilines is 2. The Morgan fingerprint density at radius 3 is 1.73 bits per heavy atom. The van der Waals surface area contributed by atoms with Crippen molar-refractivity contribution in [3.63, 3.8) is 0 Å². The highest BCUT2D eigenvalue weighted by atomic mass is 16.1. The molecule has 1 spiro atoms. The van der Waals surface area contributed by atoms with Gasteiger partial charge in [-0.25, -0.2) is 0 Å². The summed E-state index contributed by atoms with van der Waals surface area (Å²) in [4.78, 5) is 51.3. The lowest BCUT2D eigenvalue weighted by Gasteiger charge is -2.33. The Hall–Kier alpha value is -8.42. The zero-order chi connectivity index (χ0) is 46.0. The molecule has 0 fully saturated rings. The number of fused-ring (bicyclic) bond motifs is 11. The number of allylic oxidation sites excluding steroid dienone is 1. The maximum atomic E-state index is 14.6. The van der Waals surface area contributed by atoms with E-state index < -0.39 is 5.41 Å². The van der Waals surface area contributed by atoms with Gasteiger partial charge in [-0.15, -0.1) is 0 Å². The maximum absolute atomic E-state index is 14.6. The number of nitrogens with one attached hydrogen (secondary N) is 1. The molecule has 1 N–H and O–H groups in total. The third kappa shape index (κ3) is 6.04. The average molecular weight is 860 g/mol. The second-order valence-electron chi connectivity index (χ2n) is 17.1. The van der Waals surface area contributed by atoms with E-state index >= 15 is 0 Å². The molecule has 0 radical (unpaired) electrons. The van der Waals surface area contributed by atoms with Gasteiger partial charge in [0.1, 0.15) is 6.79 Å². The van der Waals surface area contributed by atoms with Crippen LogP contribution in [0, 0.1) is 6.92 Å². The molecule has 7 heteroatoms. The van der Waals surface area contributed by atoms with Gasteiger partial charge in [0.15, 0.2) is 11.6 Å². The molecule has 8 aromatic carbocycles. The largest absolute Gasteiger partial charge is 0.343 e. The van der Waals surface area contributed by atoms with Crippen molar-refractivity contribution in [3.05, 3.63) is 231 Å².